The molecule has 5 heteroatoms. The number of nitrogens with two attached hydrogens (primary N) is 1. The van der Waals surface area contributed by atoms with Gasteiger partial charge in [-0.3, -0.25) is 10.2 Å². The summed E-state index contributed by atoms with van der Waals surface area (Å²) in [5.74, 6) is 5.20. The molecular formula is C10H13BrN2O2. The Morgan fingerprint density at radius 2 is 2.33 bits per heavy atom. The molecule has 0 radical (unpaired) electrons. The Morgan fingerprint density at radius 1 is 1.60 bits per heavy atom. The molecular weight excluding hydrogens is 260 g/mol. The van der Waals surface area contributed by atoms with Gasteiger partial charge in [-0.1, -0.05) is 13.0 Å². The van der Waals surface area contributed by atoms with Gasteiger partial charge in [-0.25, -0.2) is 5.84 Å². The Kier molecular flexibility index (Phi) is 4.58. The van der Waals surface area contributed by atoms with Crippen molar-refractivity contribution in [1.29, 1.82) is 0 Å². The van der Waals surface area contributed by atoms with E-state index in [9.17, 15) is 4.79 Å². The molecule has 1 aromatic carbocycles. The molecule has 0 bridgehead atoms. The van der Waals surface area contributed by atoms with E-state index in [4.69, 9.17) is 10.6 Å². The third-order valence-electron chi connectivity index (χ3n) is 1.92. The van der Waals surface area contributed by atoms with Crippen molar-refractivity contribution in [2.45, 2.75) is 13.3 Å². The molecule has 0 saturated carbocycles. The molecule has 82 valence electrons. The molecule has 0 spiro atoms. The van der Waals surface area contributed by atoms with E-state index in [0.717, 1.165) is 10.9 Å². The van der Waals surface area contributed by atoms with Gasteiger partial charge in [-0.2, -0.15) is 0 Å². The third-order valence-corrected chi connectivity index (χ3v) is 2.54. The summed E-state index contributed by atoms with van der Waals surface area (Å²) < 4.78 is 6.09. The van der Waals surface area contributed by atoms with E-state index in [-0.39, 0.29) is 12.5 Å². The zero-order chi connectivity index (χ0) is 11.3. The van der Waals surface area contributed by atoms with Gasteiger partial charge >= 0.3 is 0 Å². The summed E-state index contributed by atoms with van der Waals surface area (Å²) in [6.07, 6.45) is 0.960. The van der Waals surface area contributed by atoms with Crippen LogP contribution < -0.4 is 16.0 Å². The summed E-state index contributed by atoms with van der Waals surface area (Å²) >= 11 is 3.37. The van der Waals surface area contributed by atoms with Crippen LogP contribution in [0.4, 0.5) is 0 Å². The minimum absolute atomic E-state index is 0.0828. The number of carbonyl (C=O) groups excluding carboxylic acids is 1. The van der Waals surface area contributed by atoms with Crippen molar-refractivity contribution >= 4 is 21.8 Å². The first-order chi connectivity index (χ1) is 7.17. The molecule has 1 aromatic rings. The van der Waals surface area contributed by atoms with E-state index in [0.29, 0.717) is 5.75 Å². The predicted octanol–water partition coefficient (Wildman–Crippen LogP) is 1.38. The Bertz CT molecular complexity index is 355. The highest BCUT2D eigenvalue weighted by Gasteiger charge is 2.04. The lowest BCUT2D eigenvalue weighted by molar-refractivity contribution is -0.123. The van der Waals surface area contributed by atoms with Crippen LogP contribution in [0.2, 0.25) is 0 Å². The van der Waals surface area contributed by atoms with E-state index in [2.05, 4.69) is 22.9 Å². The molecule has 0 aliphatic carbocycles. The van der Waals surface area contributed by atoms with Gasteiger partial charge in [0, 0.05) is 0 Å². The molecule has 0 heterocycles. The average molecular weight is 273 g/mol. The van der Waals surface area contributed by atoms with Crippen LogP contribution in [0, 0.1) is 0 Å². The lowest BCUT2D eigenvalue weighted by Gasteiger charge is -2.08. The molecule has 0 aliphatic rings. The second-order valence-electron chi connectivity index (χ2n) is 2.97. The highest BCUT2D eigenvalue weighted by atomic mass is 79.9. The number of hydrogen-bond donors (Lipinski definition) is 2. The van der Waals surface area contributed by atoms with Crippen LogP contribution in [0.5, 0.6) is 5.75 Å². The number of ether oxygens (including phenoxy) is 1. The van der Waals surface area contributed by atoms with Crippen molar-refractivity contribution in [1.82, 2.24) is 5.43 Å². The first kappa shape index (κ1) is 12.0. The van der Waals surface area contributed by atoms with Crippen molar-refractivity contribution in [3.05, 3.63) is 28.2 Å². The van der Waals surface area contributed by atoms with Crippen LogP contribution in [0.1, 0.15) is 12.5 Å². The topological polar surface area (TPSA) is 64.3 Å². The predicted molar refractivity (Wildman–Crippen MR) is 61.3 cm³/mol. The fraction of sp³-hybridized carbons (Fsp3) is 0.300. The van der Waals surface area contributed by atoms with Crippen LogP contribution in [-0.2, 0) is 11.2 Å². The number of carbonyl (C=O) groups is 1. The first-order valence-corrected chi connectivity index (χ1v) is 5.37. The van der Waals surface area contributed by atoms with Gasteiger partial charge < -0.3 is 4.74 Å². The molecule has 4 nitrogen and oxygen atoms in total. The fourth-order valence-electron chi connectivity index (χ4n) is 1.07. The van der Waals surface area contributed by atoms with E-state index >= 15 is 0 Å². The number of hydrazine groups is 1. The fourth-order valence-corrected chi connectivity index (χ4v) is 1.61. The minimum atomic E-state index is -0.360. The highest BCUT2D eigenvalue weighted by Crippen LogP contribution is 2.26. The summed E-state index contributed by atoms with van der Waals surface area (Å²) in [6, 6.07) is 5.75. The number of halogens is 1. The normalized spacial score (nSPS) is 9.80. The zero-order valence-electron chi connectivity index (χ0n) is 8.42. The van der Waals surface area contributed by atoms with E-state index in [1.165, 1.54) is 5.56 Å². The lowest BCUT2D eigenvalue weighted by atomic mass is 10.2. The molecule has 3 N–H and O–H groups in total. The summed E-state index contributed by atoms with van der Waals surface area (Å²) in [5.41, 5.74) is 3.20. The lowest BCUT2D eigenvalue weighted by Crippen LogP contribution is -2.34. The van der Waals surface area contributed by atoms with Crippen molar-refractivity contribution < 1.29 is 9.53 Å². The SMILES string of the molecule is CCc1ccc(OCC(=O)NN)c(Br)c1. The Balaban J connectivity index is 2.66. The van der Waals surface area contributed by atoms with Gasteiger partial charge in [0.15, 0.2) is 6.61 Å². The molecule has 0 saturated heterocycles. The summed E-state index contributed by atoms with van der Waals surface area (Å²) in [4.78, 5) is 10.8. The Hall–Kier alpha value is -1.07. The number of benzene rings is 1. The minimum Gasteiger partial charge on any atom is -0.483 e. The van der Waals surface area contributed by atoms with Crippen molar-refractivity contribution in [2.24, 2.45) is 5.84 Å². The van der Waals surface area contributed by atoms with Gasteiger partial charge in [-0.15, -0.1) is 0 Å². The molecule has 0 aliphatic heterocycles. The number of aryl methyl sites for hydroxylation is 1. The summed E-state index contributed by atoms with van der Waals surface area (Å²) in [7, 11) is 0. The number of hydrogen-bond acceptors (Lipinski definition) is 3. The Labute approximate surface area is 96.9 Å². The monoisotopic (exact) mass is 272 g/mol. The van der Waals surface area contributed by atoms with Crippen LogP contribution in [0.15, 0.2) is 22.7 Å². The smallest absolute Gasteiger partial charge is 0.271 e. The van der Waals surface area contributed by atoms with Crippen molar-refractivity contribution in [3.63, 3.8) is 0 Å². The van der Waals surface area contributed by atoms with Gasteiger partial charge in [0.1, 0.15) is 5.75 Å². The standard InChI is InChI=1S/C10H13BrN2O2/c1-2-7-3-4-9(8(11)5-7)15-6-10(14)13-12/h3-5H,2,6,12H2,1H3,(H,13,14). The molecule has 0 fully saturated rings. The first-order valence-electron chi connectivity index (χ1n) is 4.58. The number of amides is 1. The molecule has 0 aromatic heterocycles. The maximum atomic E-state index is 10.8. The van der Waals surface area contributed by atoms with E-state index in [1.807, 2.05) is 23.6 Å². The quantitative estimate of drug-likeness (QED) is 0.495. The zero-order valence-corrected chi connectivity index (χ0v) is 10.0. The molecule has 15 heavy (non-hydrogen) atoms. The summed E-state index contributed by atoms with van der Waals surface area (Å²) in [5, 5.41) is 0. The molecule has 0 atom stereocenters. The van der Waals surface area contributed by atoms with Crippen LogP contribution in [-0.4, -0.2) is 12.5 Å². The van der Waals surface area contributed by atoms with Crippen LogP contribution in [0.25, 0.3) is 0 Å². The molecule has 1 rings (SSSR count). The largest absolute Gasteiger partial charge is 0.483 e. The third kappa shape index (κ3) is 3.53. The van der Waals surface area contributed by atoms with Gasteiger partial charge in [0.05, 0.1) is 4.47 Å². The summed E-state index contributed by atoms with van der Waals surface area (Å²) in [6.45, 7) is 1.99. The second-order valence-corrected chi connectivity index (χ2v) is 3.83. The van der Waals surface area contributed by atoms with Gasteiger partial charge in [-0.05, 0) is 40.0 Å². The number of nitrogens with one attached hydrogen (secondary N) is 1. The van der Waals surface area contributed by atoms with Crippen molar-refractivity contribution in [3.8, 4) is 5.75 Å². The maximum absolute atomic E-state index is 10.8. The van der Waals surface area contributed by atoms with E-state index < -0.39 is 0 Å². The molecule has 0 unspecified atom stereocenters. The average Bonchev–Trinajstić information content (AvgIpc) is 2.26. The van der Waals surface area contributed by atoms with Crippen molar-refractivity contribution in [2.75, 3.05) is 6.61 Å². The van der Waals surface area contributed by atoms with Gasteiger partial charge in [0.2, 0.25) is 0 Å². The molecule has 1 amide bonds. The highest BCUT2D eigenvalue weighted by molar-refractivity contribution is 9.10. The second kappa shape index (κ2) is 5.72. The van der Waals surface area contributed by atoms with Crippen LogP contribution in [0.3, 0.4) is 0 Å². The van der Waals surface area contributed by atoms with Crippen LogP contribution >= 0.6 is 15.9 Å². The maximum Gasteiger partial charge on any atom is 0.271 e. The Morgan fingerprint density at radius 3 is 2.87 bits per heavy atom. The van der Waals surface area contributed by atoms with E-state index in [1.54, 1.807) is 0 Å². The number of rotatable bonds is 4. The van der Waals surface area contributed by atoms with Gasteiger partial charge in [0.25, 0.3) is 5.91 Å².